The second kappa shape index (κ2) is 8.02. The number of amides is 1. The minimum absolute atomic E-state index is 0.277. The quantitative estimate of drug-likeness (QED) is 0.701. The number of para-hydroxylation sites is 3. The van der Waals surface area contributed by atoms with E-state index in [0.717, 1.165) is 17.1 Å². The molecule has 26 heavy (non-hydrogen) atoms. The van der Waals surface area contributed by atoms with Gasteiger partial charge in [0, 0.05) is 0 Å². The molecule has 1 amide bonds. The predicted molar refractivity (Wildman–Crippen MR) is 101 cm³/mol. The Morgan fingerprint density at radius 1 is 0.885 bits per heavy atom. The average molecular weight is 349 g/mol. The summed E-state index contributed by atoms with van der Waals surface area (Å²) in [6.45, 7) is 0. The molecule has 1 heterocycles. The van der Waals surface area contributed by atoms with Crippen LogP contribution in [-0.4, -0.2) is 25.1 Å². The first-order chi connectivity index (χ1) is 12.7. The standard InChI is InChI=1S/C20H19N3O3/c1-25-17-9-5-3-7-15(17)20(24)23-19-12-11-14(13-21-19)22-16-8-4-6-10-18(16)26-2/h3-13,22H,1-2H3,(H,21,23,24). The van der Waals surface area contributed by atoms with Crippen LogP contribution in [0.3, 0.4) is 0 Å². The van der Waals surface area contributed by atoms with Crippen LogP contribution in [-0.2, 0) is 0 Å². The lowest BCUT2D eigenvalue weighted by Gasteiger charge is -2.11. The Morgan fingerprint density at radius 3 is 2.27 bits per heavy atom. The van der Waals surface area contributed by atoms with Gasteiger partial charge in [-0.15, -0.1) is 0 Å². The molecule has 2 aromatic carbocycles. The second-order valence-corrected chi connectivity index (χ2v) is 5.41. The number of pyridine rings is 1. The maximum absolute atomic E-state index is 12.4. The van der Waals surface area contributed by atoms with E-state index >= 15 is 0 Å². The van der Waals surface area contributed by atoms with Gasteiger partial charge >= 0.3 is 0 Å². The molecule has 0 atom stereocenters. The first kappa shape index (κ1) is 17.3. The van der Waals surface area contributed by atoms with Crippen LogP contribution >= 0.6 is 0 Å². The van der Waals surface area contributed by atoms with E-state index in [0.29, 0.717) is 17.1 Å². The van der Waals surface area contributed by atoms with Crippen molar-refractivity contribution in [2.75, 3.05) is 24.9 Å². The van der Waals surface area contributed by atoms with Gasteiger partial charge in [0.25, 0.3) is 5.91 Å². The van der Waals surface area contributed by atoms with Crippen molar-refractivity contribution >= 4 is 23.1 Å². The van der Waals surface area contributed by atoms with Crippen molar-refractivity contribution in [3.8, 4) is 11.5 Å². The van der Waals surface area contributed by atoms with Gasteiger partial charge in [0.2, 0.25) is 0 Å². The Kier molecular flexibility index (Phi) is 5.34. The van der Waals surface area contributed by atoms with Crippen LogP contribution in [0.4, 0.5) is 17.2 Å². The average Bonchev–Trinajstić information content (AvgIpc) is 2.69. The molecule has 3 aromatic rings. The van der Waals surface area contributed by atoms with Crippen LogP contribution in [0.1, 0.15) is 10.4 Å². The number of nitrogens with zero attached hydrogens (tertiary/aromatic N) is 1. The first-order valence-electron chi connectivity index (χ1n) is 8.01. The molecule has 0 unspecified atom stereocenters. The molecule has 132 valence electrons. The summed E-state index contributed by atoms with van der Waals surface area (Å²) >= 11 is 0. The van der Waals surface area contributed by atoms with Crippen LogP contribution < -0.4 is 20.1 Å². The third-order valence-corrected chi connectivity index (χ3v) is 3.74. The number of rotatable bonds is 6. The molecule has 0 bridgehead atoms. The monoisotopic (exact) mass is 349 g/mol. The highest BCUT2D eigenvalue weighted by Crippen LogP contribution is 2.27. The molecule has 0 aliphatic carbocycles. The van der Waals surface area contributed by atoms with Crippen molar-refractivity contribution in [2.45, 2.75) is 0 Å². The van der Waals surface area contributed by atoms with E-state index in [1.807, 2.05) is 36.4 Å². The van der Waals surface area contributed by atoms with Gasteiger partial charge in [-0.25, -0.2) is 4.98 Å². The summed E-state index contributed by atoms with van der Waals surface area (Å²) in [5, 5.41) is 6.00. The van der Waals surface area contributed by atoms with E-state index in [1.165, 1.54) is 7.11 Å². The van der Waals surface area contributed by atoms with Crippen LogP contribution in [0.5, 0.6) is 11.5 Å². The first-order valence-corrected chi connectivity index (χ1v) is 8.01. The molecule has 2 N–H and O–H groups in total. The largest absolute Gasteiger partial charge is 0.496 e. The molecule has 0 aliphatic heterocycles. The van der Waals surface area contributed by atoms with Crippen LogP contribution in [0.25, 0.3) is 0 Å². The Hall–Kier alpha value is -3.54. The Labute approximate surface area is 151 Å². The van der Waals surface area contributed by atoms with Crippen molar-refractivity contribution in [1.29, 1.82) is 0 Å². The smallest absolute Gasteiger partial charge is 0.260 e. The third-order valence-electron chi connectivity index (χ3n) is 3.74. The Bertz CT molecular complexity index is 895. The number of carbonyl (C=O) groups is 1. The van der Waals surface area contributed by atoms with Gasteiger partial charge in [-0.05, 0) is 36.4 Å². The molecule has 0 saturated carbocycles. The SMILES string of the molecule is COc1ccccc1Nc1ccc(NC(=O)c2ccccc2OC)nc1. The highest BCUT2D eigenvalue weighted by Gasteiger charge is 2.12. The summed E-state index contributed by atoms with van der Waals surface area (Å²) in [5.41, 5.74) is 2.07. The predicted octanol–water partition coefficient (Wildman–Crippen LogP) is 4.09. The van der Waals surface area contributed by atoms with Crippen molar-refractivity contribution in [3.05, 3.63) is 72.4 Å². The molecule has 0 aliphatic rings. The lowest BCUT2D eigenvalue weighted by molar-refractivity contribution is 0.102. The van der Waals surface area contributed by atoms with Crippen molar-refractivity contribution < 1.29 is 14.3 Å². The van der Waals surface area contributed by atoms with E-state index in [2.05, 4.69) is 15.6 Å². The van der Waals surface area contributed by atoms with E-state index in [1.54, 1.807) is 37.6 Å². The maximum Gasteiger partial charge on any atom is 0.260 e. The Balaban J connectivity index is 1.71. The van der Waals surface area contributed by atoms with Gasteiger partial charge in [0.05, 0.1) is 37.4 Å². The molecule has 0 fully saturated rings. The summed E-state index contributed by atoms with van der Waals surface area (Å²) in [7, 11) is 3.15. The lowest BCUT2D eigenvalue weighted by Crippen LogP contribution is -2.14. The number of carbonyl (C=O) groups excluding carboxylic acids is 1. The van der Waals surface area contributed by atoms with Crippen molar-refractivity contribution in [2.24, 2.45) is 0 Å². The zero-order valence-electron chi connectivity index (χ0n) is 14.5. The normalized spacial score (nSPS) is 10.1. The van der Waals surface area contributed by atoms with Gasteiger partial charge in [-0.1, -0.05) is 24.3 Å². The fourth-order valence-corrected chi connectivity index (χ4v) is 2.46. The summed E-state index contributed by atoms with van der Waals surface area (Å²) < 4.78 is 10.5. The number of nitrogens with one attached hydrogen (secondary N) is 2. The molecular formula is C20H19N3O3. The molecule has 0 saturated heterocycles. The van der Waals surface area contributed by atoms with Crippen molar-refractivity contribution in [3.63, 3.8) is 0 Å². The van der Waals surface area contributed by atoms with E-state index in [9.17, 15) is 4.79 Å². The summed E-state index contributed by atoms with van der Waals surface area (Å²) in [6.07, 6.45) is 1.64. The fourth-order valence-electron chi connectivity index (χ4n) is 2.46. The molecule has 1 aromatic heterocycles. The number of aromatic nitrogens is 1. The molecule has 3 rings (SSSR count). The number of benzene rings is 2. The summed E-state index contributed by atoms with van der Waals surface area (Å²) in [5.74, 6) is 1.42. The number of ether oxygens (including phenoxy) is 2. The molecule has 6 heteroatoms. The molecule has 6 nitrogen and oxygen atoms in total. The van der Waals surface area contributed by atoms with Crippen LogP contribution in [0.15, 0.2) is 66.9 Å². The molecule has 0 spiro atoms. The number of anilines is 3. The second-order valence-electron chi connectivity index (χ2n) is 5.41. The van der Waals surface area contributed by atoms with Gasteiger partial charge in [0.15, 0.2) is 0 Å². The topological polar surface area (TPSA) is 72.5 Å². The maximum atomic E-state index is 12.4. The number of methoxy groups -OCH3 is 2. The Morgan fingerprint density at radius 2 is 1.58 bits per heavy atom. The lowest BCUT2D eigenvalue weighted by atomic mass is 10.2. The summed E-state index contributed by atoms with van der Waals surface area (Å²) in [4.78, 5) is 16.7. The van der Waals surface area contributed by atoms with E-state index < -0.39 is 0 Å². The van der Waals surface area contributed by atoms with Gasteiger partial charge in [-0.2, -0.15) is 0 Å². The number of hydrogen-bond donors (Lipinski definition) is 2. The zero-order valence-corrected chi connectivity index (χ0v) is 14.5. The fraction of sp³-hybridized carbons (Fsp3) is 0.100. The van der Waals surface area contributed by atoms with Crippen LogP contribution in [0.2, 0.25) is 0 Å². The minimum Gasteiger partial charge on any atom is -0.496 e. The highest BCUT2D eigenvalue weighted by atomic mass is 16.5. The van der Waals surface area contributed by atoms with Crippen LogP contribution in [0, 0.1) is 0 Å². The summed E-state index contributed by atoms with van der Waals surface area (Å²) in [6, 6.07) is 18.2. The van der Waals surface area contributed by atoms with Crippen molar-refractivity contribution in [1.82, 2.24) is 4.98 Å². The molecule has 0 radical (unpaired) electrons. The highest BCUT2D eigenvalue weighted by molar-refractivity contribution is 6.05. The van der Waals surface area contributed by atoms with Gasteiger partial charge in [0.1, 0.15) is 17.3 Å². The molecular weight excluding hydrogens is 330 g/mol. The van der Waals surface area contributed by atoms with E-state index in [4.69, 9.17) is 9.47 Å². The van der Waals surface area contributed by atoms with E-state index in [-0.39, 0.29) is 5.91 Å². The van der Waals surface area contributed by atoms with Gasteiger partial charge in [-0.3, -0.25) is 4.79 Å². The zero-order chi connectivity index (χ0) is 18.4. The minimum atomic E-state index is -0.277. The van der Waals surface area contributed by atoms with Gasteiger partial charge < -0.3 is 20.1 Å². The number of hydrogen-bond acceptors (Lipinski definition) is 5. The third kappa shape index (κ3) is 3.92.